The maximum Gasteiger partial charge on any atom is 0.229 e. The van der Waals surface area contributed by atoms with Crippen LogP contribution in [0.2, 0.25) is 5.15 Å². The third kappa shape index (κ3) is 3.02. The number of hydrogen-bond acceptors (Lipinski definition) is 5. The topological polar surface area (TPSA) is 89.8 Å². The number of halogens is 1. The van der Waals surface area contributed by atoms with Gasteiger partial charge in [0.15, 0.2) is 0 Å². The van der Waals surface area contributed by atoms with Gasteiger partial charge in [0.25, 0.3) is 0 Å². The second kappa shape index (κ2) is 7.15. The molecule has 7 heteroatoms. The molecule has 1 aliphatic heterocycles. The highest BCUT2D eigenvalue weighted by molar-refractivity contribution is 6.30. The summed E-state index contributed by atoms with van der Waals surface area (Å²) in [4.78, 5) is 4.60. The summed E-state index contributed by atoms with van der Waals surface area (Å²) in [5.41, 5.74) is 11.4. The maximum absolute atomic E-state index is 9.92. The van der Waals surface area contributed by atoms with Crippen molar-refractivity contribution in [2.45, 2.75) is 19.8 Å². The SMILES string of the molecule is Cc1ccc2cc([C@H]3C(C#N)=C(N)Oc4c3c(C)nn4-c3ccccc3)c(Cl)nc2c1. The number of para-hydroxylation sites is 1. The number of fused-ring (bicyclic) bond motifs is 2. The molecule has 2 aromatic heterocycles. The van der Waals surface area contributed by atoms with E-state index in [4.69, 9.17) is 22.1 Å². The zero-order valence-electron chi connectivity index (χ0n) is 16.9. The summed E-state index contributed by atoms with van der Waals surface area (Å²) < 4.78 is 7.61. The molecule has 1 aliphatic rings. The van der Waals surface area contributed by atoms with Gasteiger partial charge in [0.1, 0.15) is 16.8 Å². The highest BCUT2D eigenvalue weighted by atomic mass is 35.5. The Morgan fingerprint density at radius 3 is 2.65 bits per heavy atom. The Morgan fingerprint density at radius 1 is 1.13 bits per heavy atom. The molecule has 0 fully saturated rings. The number of ether oxygens (including phenoxy) is 1. The van der Waals surface area contributed by atoms with Gasteiger partial charge in [-0.15, -0.1) is 0 Å². The molecule has 0 amide bonds. The smallest absolute Gasteiger partial charge is 0.229 e. The van der Waals surface area contributed by atoms with Crippen molar-refractivity contribution in [1.29, 1.82) is 5.26 Å². The van der Waals surface area contributed by atoms with Crippen LogP contribution in [0, 0.1) is 25.2 Å². The van der Waals surface area contributed by atoms with Crippen molar-refractivity contribution >= 4 is 22.5 Å². The summed E-state index contributed by atoms with van der Waals surface area (Å²) >= 11 is 6.65. The second-order valence-corrected chi connectivity index (χ2v) is 7.90. The van der Waals surface area contributed by atoms with Gasteiger partial charge in [0, 0.05) is 10.9 Å². The van der Waals surface area contributed by atoms with E-state index in [1.54, 1.807) is 4.68 Å². The number of nitrogens with zero attached hydrogens (tertiary/aromatic N) is 4. The highest BCUT2D eigenvalue weighted by Gasteiger charge is 2.37. The molecule has 152 valence electrons. The number of rotatable bonds is 2. The largest absolute Gasteiger partial charge is 0.422 e. The minimum atomic E-state index is -0.531. The molecule has 1 atom stereocenters. The van der Waals surface area contributed by atoms with Gasteiger partial charge >= 0.3 is 0 Å². The summed E-state index contributed by atoms with van der Waals surface area (Å²) in [6.45, 7) is 3.89. The number of benzene rings is 2. The first kappa shape index (κ1) is 19.2. The third-order valence-corrected chi connectivity index (χ3v) is 5.80. The number of nitriles is 1. The maximum atomic E-state index is 9.92. The first-order valence-electron chi connectivity index (χ1n) is 9.77. The number of aryl methyl sites for hydroxylation is 2. The van der Waals surface area contributed by atoms with Crippen molar-refractivity contribution in [2.75, 3.05) is 0 Å². The van der Waals surface area contributed by atoms with Crippen LogP contribution in [-0.2, 0) is 0 Å². The number of pyridine rings is 1. The molecular weight excluding hydrogens is 410 g/mol. The van der Waals surface area contributed by atoms with Gasteiger partial charge in [-0.1, -0.05) is 41.9 Å². The molecule has 2 aromatic carbocycles. The Balaban J connectivity index is 1.78. The molecule has 5 rings (SSSR count). The van der Waals surface area contributed by atoms with Crippen molar-refractivity contribution in [1.82, 2.24) is 14.8 Å². The molecular formula is C24H18ClN5O. The minimum absolute atomic E-state index is 0.0390. The van der Waals surface area contributed by atoms with Crippen molar-refractivity contribution in [2.24, 2.45) is 5.73 Å². The van der Waals surface area contributed by atoms with E-state index in [2.05, 4.69) is 16.2 Å². The average Bonchev–Trinajstić information content (AvgIpc) is 3.09. The molecule has 0 radical (unpaired) electrons. The van der Waals surface area contributed by atoms with Gasteiger partial charge in [-0.3, -0.25) is 0 Å². The molecule has 0 saturated heterocycles. The second-order valence-electron chi connectivity index (χ2n) is 7.54. The Kier molecular flexibility index (Phi) is 4.42. The fourth-order valence-corrected chi connectivity index (χ4v) is 4.30. The number of allylic oxidation sites excluding steroid dienone is 1. The van der Waals surface area contributed by atoms with Crippen LogP contribution in [0.4, 0.5) is 0 Å². The standard InChI is InChI=1S/C24H18ClN5O/c1-13-8-9-15-11-17(22(25)28-19(15)10-13)21-18(12-26)23(27)31-24-20(21)14(2)29-30(24)16-6-4-3-5-7-16/h3-11,21H,27H2,1-2H3/t21-/m0/s1. The minimum Gasteiger partial charge on any atom is -0.422 e. The van der Waals surface area contributed by atoms with E-state index in [0.29, 0.717) is 22.2 Å². The Morgan fingerprint density at radius 2 is 1.90 bits per heavy atom. The van der Waals surface area contributed by atoms with Gasteiger partial charge in [0.2, 0.25) is 11.8 Å². The lowest BCUT2D eigenvalue weighted by Crippen LogP contribution is -2.22. The molecule has 0 unspecified atom stereocenters. The van der Waals surface area contributed by atoms with Crippen LogP contribution >= 0.6 is 11.6 Å². The number of aromatic nitrogens is 3. The van der Waals surface area contributed by atoms with Gasteiger partial charge in [-0.25, -0.2) is 9.67 Å². The molecule has 0 spiro atoms. The Labute approximate surface area is 184 Å². The van der Waals surface area contributed by atoms with Crippen LogP contribution in [0.15, 0.2) is 66.1 Å². The fraction of sp³-hybridized carbons (Fsp3) is 0.125. The fourth-order valence-electron chi connectivity index (χ4n) is 4.04. The summed E-state index contributed by atoms with van der Waals surface area (Å²) in [6.07, 6.45) is 0. The van der Waals surface area contributed by atoms with Gasteiger partial charge in [-0.05, 0) is 43.7 Å². The van der Waals surface area contributed by atoms with Gasteiger partial charge in [-0.2, -0.15) is 10.4 Å². The summed E-state index contributed by atoms with van der Waals surface area (Å²) in [5, 5.41) is 15.9. The number of hydrogen-bond donors (Lipinski definition) is 1. The van der Waals surface area contributed by atoms with E-state index >= 15 is 0 Å². The molecule has 0 saturated carbocycles. The van der Waals surface area contributed by atoms with Crippen molar-refractivity contribution in [3.63, 3.8) is 0 Å². The summed E-state index contributed by atoms with van der Waals surface area (Å²) in [6, 6.07) is 19.8. The monoisotopic (exact) mass is 427 g/mol. The highest BCUT2D eigenvalue weighted by Crippen LogP contribution is 2.46. The van der Waals surface area contributed by atoms with E-state index in [1.807, 2.05) is 68.4 Å². The zero-order chi connectivity index (χ0) is 21.7. The van der Waals surface area contributed by atoms with Crippen LogP contribution in [0.1, 0.15) is 28.3 Å². The van der Waals surface area contributed by atoms with Gasteiger partial charge in [0.05, 0.1) is 28.4 Å². The quantitative estimate of drug-likeness (QED) is 0.459. The van der Waals surface area contributed by atoms with E-state index in [9.17, 15) is 5.26 Å². The molecule has 6 nitrogen and oxygen atoms in total. The predicted molar refractivity (Wildman–Crippen MR) is 119 cm³/mol. The normalized spacial score (nSPS) is 15.5. The molecule has 31 heavy (non-hydrogen) atoms. The lowest BCUT2D eigenvalue weighted by Gasteiger charge is -2.25. The third-order valence-electron chi connectivity index (χ3n) is 5.50. The first-order valence-corrected chi connectivity index (χ1v) is 10.1. The lowest BCUT2D eigenvalue weighted by atomic mass is 9.84. The van der Waals surface area contributed by atoms with Crippen LogP contribution < -0.4 is 10.5 Å². The van der Waals surface area contributed by atoms with Crippen molar-refractivity contribution in [3.8, 4) is 17.6 Å². The first-order chi connectivity index (χ1) is 15.0. The Hall–Kier alpha value is -3.82. The van der Waals surface area contributed by atoms with E-state index in [0.717, 1.165) is 33.4 Å². The number of nitrogens with two attached hydrogens (primary N) is 1. The molecule has 0 bridgehead atoms. The van der Waals surface area contributed by atoms with Crippen LogP contribution in [-0.4, -0.2) is 14.8 Å². The van der Waals surface area contributed by atoms with Crippen LogP contribution in [0.5, 0.6) is 5.88 Å². The van der Waals surface area contributed by atoms with E-state index in [1.165, 1.54) is 0 Å². The van der Waals surface area contributed by atoms with Crippen LogP contribution in [0.3, 0.4) is 0 Å². The van der Waals surface area contributed by atoms with Gasteiger partial charge < -0.3 is 10.5 Å². The van der Waals surface area contributed by atoms with Crippen LogP contribution in [0.25, 0.3) is 16.6 Å². The molecule has 0 aliphatic carbocycles. The predicted octanol–water partition coefficient (Wildman–Crippen LogP) is 4.91. The van der Waals surface area contributed by atoms with E-state index in [-0.39, 0.29) is 5.88 Å². The molecule has 2 N–H and O–H groups in total. The van der Waals surface area contributed by atoms with E-state index < -0.39 is 5.92 Å². The zero-order valence-corrected chi connectivity index (χ0v) is 17.7. The summed E-state index contributed by atoms with van der Waals surface area (Å²) in [5.74, 6) is -0.0145. The molecule has 4 aromatic rings. The average molecular weight is 428 g/mol. The lowest BCUT2D eigenvalue weighted by molar-refractivity contribution is 0.367. The van der Waals surface area contributed by atoms with Crippen molar-refractivity contribution < 1.29 is 4.74 Å². The Bertz CT molecular complexity index is 1420. The molecule has 3 heterocycles. The van der Waals surface area contributed by atoms with Crippen molar-refractivity contribution in [3.05, 3.63) is 93.6 Å². The summed E-state index contributed by atoms with van der Waals surface area (Å²) in [7, 11) is 0.